The molecule has 0 unspecified atom stereocenters. The molecule has 0 saturated heterocycles. The Hall–Kier alpha value is -2.60. The van der Waals surface area contributed by atoms with Gasteiger partial charge in [-0.05, 0) is 49.8 Å². The molecular weight excluding hydrogens is 312 g/mol. The topological polar surface area (TPSA) is 63.8 Å². The third-order valence-electron chi connectivity index (χ3n) is 3.43. The molecule has 0 spiro atoms. The Morgan fingerprint density at radius 2 is 2.13 bits per heavy atom. The molecule has 6 heteroatoms. The quantitative estimate of drug-likeness (QED) is 0.722. The van der Waals surface area contributed by atoms with Gasteiger partial charge in [-0.1, -0.05) is 0 Å². The van der Waals surface area contributed by atoms with E-state index in [9.17, 15) is 4.79 Å². The Morgan fingerprint density at radius 1 is 1.39 bits per heavy atom. The predicted octanol–water partition coefficient (Wildman–Crippen LogP) is 3.87. The van der Waals surface area contributed by atoms with E-state index in [1.165, 1.54) is 11.3 Å². The van der Waals surface area contributed by atoms with Crippen LogP contribution in [0.3, 0.4) is 0 Å². The Labute approximate surface area is 137 Å². The fourth-order valence-corrected chi connectivity index (χ4v) is 3.37. The molecule has 1 aromatic carbocycles. The van der Waals surface area contributed by atoms with E-state index in [0.29, 0.717) is 6.61 Å². The summed E-state index contributed by atoms with van der Waals surface area (Å²) in [5.74, 6) is -0.146. The number of hydrogen-bond acceptors (Lipinski definition) is 4. The second kappa shape index (κ2) is 6.26. The SMILES string of the molecule is CCOc1ccc(-c2csc3nc(C)c(/C=C/C(=O)O)n23)cc1. The van der Waals surface area contributed by atoms with Crippen molar-refractivity contribution in [2.45, 2.75) is 13.8 Å². The van der Waals surface area contributed by atoms with Gasteiger partial charge in [0.2, 0.25) is 0 Å². The molecule has 3 aromatic rings. The number of hydrogen-bond donors (Lipinski definition) is 1. The van der Waals surface area contributed by atoms with E-state index < -0.39 is 5.97 Å². The second-order valence-corrected chi connectivity index (χ2v) is 5.79. The monoisotopic (exact) mass is 328 g/mol. The van der Waals surface area contributed by atoms with Crippen molar-refractivity contribution in [1.82, 2.24) is 9.38 Å². The maximum absolute atomic E-state index is 10.8. The maximum Gasteiger partial charge on any atom is 0.328 e. The van der Waals surface area contributed by atoms with Crippen LogP contribution < -0.4 is 4.74 Å². The normalized spacial score (nSPS) is 11.4. The van der Waals surface area contributed by atoms with Crippen molar-refractivity contribution >= 4 is 28.3 Å². The van der Waals surface area contributed by atoms with Gasteiger partial charge in [-0.3, -0.25) is 4.40 Å². The molecule has 118 valence electrons. The van der Waals surface area contributed by atoms with Gasteiger partial charge in [0.25, 0.3) is 0 Å². The van der Waals surface area contributed by atoms with E-state index in [2.05, 4.69) is 4.98 Å². The number of fused-ring (bicyclic) bond motifs is 1. The third kappa shape index (κ3) is 2.98. The number of carboxylic acid groups (broad SMARTS) is 1. The first-order valence-electron chi connectivity index (χ1n) is 7.21. The molecule has 1 N–H and O–H groups in total. The van der Waals surface area contributed by atoms with Crippen molar-refractivity contribution in [1.29, 1.82) is 0 Å². The molecule has 0 aliphatic heterocycles. The molecule has 0 amide bonds. The first-order chi connectivity index (χ1) is 11.1. The zero-order chi connectivity index (χ0) is 16.4. The molecule has 0 bridgehead atoms. The van der Waals surface area contributed by atoms with E-state index in [0.717, 1.165) is 39.4 Å². The summed E-state index contributed by atoms with van der Waals surface area (Å²) in [6.45, 7) is 4.46. The Kier molecular flexibility index (Phi) is 4.16. The highest BCUT2D eigenvalue weighted by molar-refractivity contribution is 7.15. The first-order valence-corrected chi connectivity index (χ1v) is 8.09. The smallest absolute Gasteiger partial charge is 0.328 e. The van der Waals surface area contributed by atoms with Gasteiger partial charge in [0, 0.05) is 11.5 Å². The minimum Gasteiger partial charge on any atom is -0.494 e. The van der Waals surface area contributed by atoms with Crippen molar-refractivity contribution in [3.8, 4) is 17.0 Å². The average Bonchev–Trinajstić information content (AvgIpc) is 3.05. The predicted molar refractivity (Wildman–Crippen MR) is 91.1 cm³/mol. The van der Waals surface area contributed by atoms with Crippen molar-refractivity contribution in [2.24, 2.45) is 0 Å². The molecule has 0 aliphatic rings. The van der Waals surface area contributed by atoms with Crippen LogP contribution in [0.25, 0.3) is 22.3 Å². The van der Waals surface area contributed by atoms with Crippen LogP contribution in [-0.4, -0.2) is 27.1 Å². The van der Waals surface area contributed by atoms with Gasteiger partial charge in [-0.15, -0.1) is 11.3 Å². The van der Waals surface area contributed by atoms with Crippen LogP contribution in [0.15, 0.2) is 35.7 Å². The lowest BCUT2D eigenvalue weighted by atomic mass is 10.1. The molecule has 0 fully saturated rings. The van der Waals surface area contributed by atoms with Crippen LogP contribution in [0.4, 0.5) is 0 Å². The van der Waals surface area contributed by atoms with Gasteiger partial charge in [0.1, 0.15) is 5.75 Å². The number of carboxylic acids is 1. The molecular formula is C17H16N2O3S. The molecule has 23 heavy (non-hydrogen) atoms. The molecule has 0 saturated carbocycles. The van der Waals surface area contributed by atoms with Crippen molar-refractivity contribution in [2.75, 3.05) is 6.61 Å². The van der Waals surface area contributed by atoms with Crippen LogP contribution in [0.1, 0.15) is 18.3 Å². The number of aliphatic carboxylic acids is 1. The number of nitrogens with zero attached hydrogens (tertiary/aromatic N) is 2. The summed E-state index contributed by atoms with van der Waals surface area (Å²) in [4.78, 5) is 16.1. The summed E-state index contributed by atoms with van der Waals surface area (Å²) in [6, 6.07) is 7.84. The summed E-state index contributed by atoms with van der Waals surface area (Å²) in [6.07, 6.45) is 2.72. The molecule has 0 atom stereocenters. The summed E-state index contributed by atoms with van der Waals surface area (Å²) >= 11 is 1.53. The highest BCUT2D eigenvalue weighted by Crippen LogP contribution is 2.30. The largest absolute Gasteiger partial charge is 0.494 e. The second-order valence-electron chi connectivity index (χ2n) is 4.95. The number of aromatic nitrogens is 2. The van der Waals surface area contributed by atoms with Crippen LogP contribution in [-0.2, 0) is 4.79 Å². The number of carbonyl (C=O) groups is 1. The standard InChI is InChI=1S/C17H16N2O3S/c1-3-22-13-6-4-12(5-7-13)15-10-23-17-18-11(2)14(19(15)17)8-9-16(20)21/h4-10H,3H2,1-2H3,(H,20,21)/b9-8+. The first kappa shape index (κ1) is 15.3. The number of benzene rings is 1. The molecule has 3 rings (SSSR count). The number of aryl methyl sites for hydroxylation is 1. The lowest BCUT2D eigenvalue weighted by Crippen LogP contribution is -1.93. The molecule has 2 heterocycles. The molecule has 2 aromatic heterocycles. The zero-order valence-electron chi connectivity index (χ0n) is 12.8. The third-order valence-corrected chi connectivity index (χ3v) is 4.25. The Morgan fingerprint density at radius 3 is 2.78 bits per heavy atom. The van der Waals surface area contributed by atoms with Crippen LogP contribution in [0.5, 0.6) is 5.75 Å². The summed E-state index contributed by atoms with van der Waals surface area (Å²) in [5.41, 5.74) is 3.61. The number of imidazole rings is 1. The van der Waals surface area contributed by atoms with Gasteiger partial charge < -0.3 is 9.84 Å². The fourth-order valence-electron chi connectivity index (χ4n) is 2.42. The maximum atomic E-state index is 10.8. The van der Waals surface area contributed by atoms with Gasteiger partial charge in [0.15, 0.2) is 4.96 Å². The van der Waals surface area contributed by atoms with Gasteiger partial charge in [-0.25, -0.2) is 9.78 Å². The summed E-state index contributed by atoms with van der Waals surface area (Å²) in [7, 11) is 0. The van der Waals surface area contributed by atoms with Gasteiger partial charge in [0.05, 0.1) is 23.7 Å². The minimum absolute atomic E-state index is 0.632. The molecule has 0 aliphatic carbocycles. The molecule has 5 nitrogen and oxygen atoms in total. The lowest BCUT2D eigenvalue weighted by Gasteiger charge is -2.05. The Balaban J connectivity index is 2.09. The minimum atomic E-state index is -0.975. The van der Waals surface area contributed by atoms with Gasteiger partial charge in [-0.2, -0.15) is 0 Å². The van der Waals surface area contributed by atoms with Crippen molar-refractivity contribution < 1.29 is 14.6 Å². The summed E-state index contributed by atoms with van der Waals surface area (Å²) < 4.78 is 7.45. The lowest BCUT2D eigenvalue weighted by molar-refractivity contribution is -0.131. The van der Waals surface area contributed by atoms with Crippen LogP contribution in [0.2, 0.25) is 0 Å². The summed E-state index contributed by atoms with van der Waals surface area (Å²) in [5, 5.41) is 10.9. The Bertz CT molecular complexity index is 875. The van der Waals surface area contributed by atoms with Crippen molar-refractivity contribution in [3.63, 3.8) is 0 Å². The highest BCUT2D eigenvalue weighted by atomic mass is 32.1. The average molecular weight is 328 g/mol. The van der Waals surface area contributed by atoms with Crippen LogP contribution in [0, 0.1) is 6.92 Å². The fraction of sp³-hybridized carbons (Fsp3) is 0.176. The number of ether oxygens (including phenoxy) is 1. The van der Waals surface area contributed by atoms with Crippen molar-refractivity contribution in [3.05, 3.63) is 47.1 Å². The zero-order valence-corrected chi connectivity index (χ0v) is 13.6. The molecule has 0 radical (unpaired) electrons. The van der Waals surface area contributed by atoms with Gasteiger partial charge >= 0.3 is 5.97 Å². The van der Waals surface area contributed by atoms with E-state index >= 15 is 0 Å². The van der Waals surface area contributed by atoms with E-state index in [1.54, 1.807) is 6.08 Å². The van der Waals surface area contributed by atoms with E-state index in [1.807, 2.05) is 47.9 Å². The number of thiazole rings is 1. The van der Waals surface area contributed by atoms with E-state index in [-0.39, 0.29) is 0 Å². The number of rotatable bonds is 5. The highest BCUT2D eigenvalue weighted by Gasteiger charge is 2.14. The van der Waals surface area contributed by atoms with E-state index in [4.69, 9.17) is 9.84 Å². The van der Waals surface area contributed by atoms with Crippen LogP contribution >= 0.6 is 11.3 Å².